The predicted octanol–water partition coefficient (Wildman–Crippen LogP) is 2.42. The lowest BCUT2D eigenvalue weighted by Gasteiger charge is -2.33. The van der Waals surface area contributed by atoms with Gasteiger partial charge in [-0.05, 0) is 30.0 Å². The van der Waals surface area contributed by atoms with Crippen molar-refractivity contribution in [2.75, 3.05) is 27.2 Å². The van der Waals surface area contributed by atoms with Crippen molar-refractivity contribution in [3.63, 3.8) is 0 Å². The zero-order chi connectivity index (χ0) is 18.9. The second kappa shape index (κ2) is 9.92. The van der Waals surface area contributed by atoms with Crippen LogP contribution in [0.1, 0.15) is 24.0 Å². The first-order chi connectivity index (χ1) is 13.3. The molecule has 0 radical (unpaired) electrons. The summed E-state index contributed by atoms with van der Waals surface area (Å²) in [4.78, 5) is 11.0. The number of piperidine rings is 1. The summed E-state index contributed by atoms with van der Waals surface area (Å²) in [5.74, 6) is 1.47. The number of aliphatic imine (C=N–C) groups is 1. The van der Waals surface area contributed by atoms with Crippen molar-refractivity contribution in [1.29, 1.82) is 0 Å². The molecule has 0 unspecified atom stereocenters. The van der Waals surface area contributed by atoms with Crippen LogP contribution in [-0.4, -0.2) is 49.1 Å². The van der Waals surface area contributed by atoms with Gasteiger partial charge in [-0.1, -0.05) is 30.3 Å². The Morgan fingerprint density at radius 1 is 1.19 bits per heavy atom. The Labute approximate surface area is 161 Å². The number of rotatable bonds is 6. The molecule has 1 aromatic heterocycles. The van der Waals surface area contributed by atoms with E-state index in [1.165, 1.54) is 5.56 Å². The van der Waals surface area contributed by atoms with Crippen LogP contribution in [0.15, 0.2) is 53.7 Å². The highest BCUT2D eigenvalue weighted by atomic mass is 16.5. The zero-order valence-corrected chi connectivity index (χ0v) is 16.2. The molecule has 0 amide bonds. The molecule has 27 heavy (non-hydrogen) atoms. The maximum Gasteiger partial charge on any atom is 0.213 e. The van der Waals surface area contributed by atoms with Crippen LogP contribution in [0.5, 0.6) is 5.88 Å². The minimum atomic E-state index is 0.454. The maximum atomic E-state index is 5.17. The van der Waals surface area contributed by atoms with Gasteiger partial charge in [0, 0.05) is 51.5 Å². The topological polar surface area (TPSA) is 61.8 Å². The van der Waals surface area contributed by atoms with Crippen LogP contribution in [-0.2, 0) is 13.1 Å². The van der Waals surface area contributed by atoms with Crippen LogP contribution in [0, 0.1) is 0 Å². The van der Waals surface area contributed by atoms with Gasteiger partial charge in [0.25, 0.3) is 0 Å². The van der Waals surface area contributed by atoms with Crippen molar-refractivity contribution >= 4 is 5.96 Å². The van der Waals surface area contributed by atoms with E-state index >= 15 is 0 Å². The third kappa shape index (κ3) is 5.96. The first-order valence-corrected chi connectivity index (χ1v) is 9.49. The molecule has 1 aliphatic heterocycles. The number of aromatic nitrogens is 1. The summed E-state index contributed by atoms with van der Waals surface area (Å²) >= 11 is 0. The molecule has 2 aromatic rings. The number of hydrogen-bond acceptors (Lipinski definition) is 4. The highest BCUT2D eigenvalue weighted by Gasteiger charge is 2.20. The van der Waals surface area contributed by atoms with Crippen molar-refractivity contribution in [1.82, 2.24) is 20.5 Å². The third-order valence-corrected chi connectivity index (χ3v) is 4.87. The molecule has 0 aliphatic carbocycles. The van der Waals surface area contributed by atoms with Crippen molar-refractivity contribution in [3.05, 3.63) is 59.8 Å². The van der Waals surface area contributed by atoms with Crippen LogP contribution in [0.25, 0.3) is 0 Å². The fourth-order valence-corrected chi connectivity index (χ4v) is 3.32. The van der Waals surface area contributed by atoms with E-state index in [0.29, 0.717) is 18.5 Å². The van der Waals surface area contributed by atoms with Gasteiger partial charge in [-0.3, -0.25) is 9.89 Å². The average molecular weight is 367 g/mol. The second-order valence-corrected chi connectivity index (χ2v) is 6.81. The van der Waals surface area contributed by atoms with Crippen LogP contribution in [0.3, 0.4) is 0 Å². The molecule has 2 heterocycles. The minimum Gasteiger partial charge on any atom is -0.481 e. The number of methoxy groups -OCH3 is 1. The number of nitrogens with one attached hydrogen (secondary N) is 2. The number of nitrogens with zero attached hydrogens (tertiary/aromatic N) is 3. The first kappa shape index (κ1) is 19.2. The van der Waals surface area contributed by atoms with E-state index in [-0.39, 0.29) is 0 Å². The minimum absolute atomic E-state index is 0.454. The summed E-state index contributed by atoms with van der Waals surface area (Å²) in [7, 11) is 3.44. The number of likely N-dealkylation sites (tertiary alicyclic amines) is 1. The van der Waals surface area contributed by atoms with Gasteiger partial charge in [-0.15, -0.1) is 0 Å². The fraction of sp³-hybridized carbons (Fsp3) is 0.429. The normalized spacial score (nSPS) is 16.1. The zero-order valence-electron chi connectivity index (χ0n) is 16.2. The number of pyridine rings is 1. The van der Waals surface area contributed by atoms with Gasteiger partial charge in [-0.25, -0.2) is 4.98 Å². The summed E-state index contributed by atoms with van der Waals surface area (Å²) in [6.07, 6.45) is 4.00. The summed E-state index contributed by atoms with van der Waals surface area (Å²) in [6.45, 7) is 3.92. The van der Waals surface area contributed by atoms with Crippen molar-refractivity contribution in [2.45, 2.75) is 32.0 Å². The summed E-state index contributed by atoms with van der Waals surface area (Å²) in [5.41, 5.74) is 2.50. The highest BCUT2D eigenvalue weighted by molar-refractivity contribution is 5.79. The summed E-state index contributed by atoms with van der Waals surface area (Å²) in [6, 6.07) is 15.0. The Kier molecular flexibility index (Phi) is 7.04. The largest absolute Gasteiger partial charge is 0.481 e. The van der Waals surface area contributed by atoms with Gasteiger partial charge in [0.15, 0.2) is 5.96 Å². The van der Waals surface area contributed by atoms with E-state index in [0.717, 1.165) is 44.0 Å². The van der Waals surface area contributed by atoms with Gasteiger partial charge < -0.3 is 15.4 Å². The SMILES string of the molecule is CN=C(NCc1ccnc(OC)c1)NC1CCN(Cc2ccccc2)CC1. The molecule has 0 bridgehead atoms. The van der Waals surface area contributed by atoms with Gasteiger partial charge in [0.1, 0.15) is 0 Å². The molecule has 6 nitrogen and oxygen atoms in total. The Morgan fingerprint density at radius 2 is 1.96 bits per heavy atom. The van der Waals surface area contributed by atoms with Gasteiger partial charge >= 0.3 is 0 Å². The van der Waals surface area contributed by atoms with Crippen LogP contribution in [0.4, 0.5) is 0 Å². The fourth-order valence-electron chi connectivity index (χ4n) is 3.32. The van der Waals surface area contributed by atoms with Crippen molar-refractivity contribution in [3.8, 4) is 5.88 Å². The van der Waals surface area contributed by atoms with E-state index in [2.05, 4.69) is 55.8 Å². The van der Waals surface area contributed by atoms with E-state index in [1.807, 2.05) is 19.2 Å². The lowest BCUT2D eigenvalue weighted by molar-refractivity contribution is 0.198. The smallest absolute Gasteiger partial charge is 0.213 e. The Bertz CT molecular complexity index is 726. The molecule has 3 rings (SSSR count). The van der Waals surface area contributed by atoms with Gasteiger partial charge in [0.2, 0.25) is 5.88 Å². The van der Waals surface area contributed by atoms with E-state index < -0.39 is 0 Å². The quantitative estimate of drug-likeness (QED) is 0.606. The van der Waals surface area contributed by atoms with Crippen molar-refractivity contribution < 1.29 is 4.74 Å². The van der Waals surface area contributed by atoms with Crippen LogP contribution >= 0.6 is 0 Å². The first-order valence-electron chi connectivity index (χ1n) is 9.49. The van der Waals surface area contributed by atoms with E-state index in [9.17, 15) is 0 Å². The average Bonchev–Trinajstić information content (AvgIpc) is 2.73. The molecule has 0 saturated carbocycles. The van der Waals surface area contributed by atoms with E-state index in [4.69, 9.17) is 4.74 Å². The Morgan fingerprint density at radius 3 is 2.67 bits per heavy atom. The monoisotopic (exact) mass is 367 g/mol. The number of benzene rings is 1. The molecule has 144 valence electrons. The predicted molar refractivity (Wildman–Crippen MR) is 109 cm³/mol. The standard InChI is InChI=1S/C21H29N5O/c1-22-21(24-15-18-8-11-23-20(14-18)27-2)25-19-9-12-26(13-10-19)16-17-6-4-3-5-7-17/h3-8,11,14,19H,9-10,12-13,15-16H2,1-2H3,(H2,22,24,25). The molecule has 2 N–H and O–H groups in total. The molecular weight excluding hydrogens is 338 g/mol. The second-order valence-electron chi connectivity index (χ2n) is 6.81. The molecule has 1 saturated heterocycles. The third-order valence-electron chi connectivity index (χ3n) is 4.87. The van der Waals surface area contributed by atoms with Crippen LogP contribution < -0.4 is 15.4 Å². The molecule has 1 aliphatic rings. The number of ether oxygens (including phenoxy) is 1. The lowest BCUT2D eigenvalue weighted by atomic mass is 10.0. The molecule has 0 atom stereocenters. The molecule has 1 aromatic carbocycles. The summed E-state index contributed by atoms with van der Waals surface area (Å²) in [5, 5.41) is 6.93. The lowest BCUT2D eigenvalue weighted by Crippen LogP contribution is -2.48. The Hall–Kier alpha value is -2.60. The van der Waals surface area contributed by atoms with E-state index in [1.54, 1.807) is 13.3 Å². The Balaban J connectivity index is 1.43. The summed E-state index contributed by atoms with van der Waals surface area (Å²) < 4.78 is 5.17. The van der Waals surface area contributed by atoms with Crippen molar-refractivity contribution in [2.24, 2.45) is 4.99 Å². The molecule has 6 heteroatoms. The molecular formula is C21H29N5O. The maximum absolute atomic E-state index is 5.17. The number of hydrogen-bond donors (Lipinski definition) is 2. The van der Waals surface area contributed by atoms with Crippen LogP contribution in [0.2, 0.25) is 0 Å². The highest BCUT2D eigenvalue weighted by Crippen LogP contribution is 2.14. The number of guanidine groups is 1. The van der Waals surface area contributed by atoms with Gasteiger partial charge in [0.05, 0.1) is 7.11 Å². The molecule has 0 spiro atoms. The van der Waals surface area contributed by atoms with Gasteiger partial charge in [-0.2, -0.15) is 0 Å². The molecule has 1 fully saturated rings.